The summed E-state index contributed by atoms with van der Waals surface area (Å²) in [5, 5.41) is 0. The molecule has 2 nitrogen and oxygen atoms in total. The lowest BCUT2D eigenvalue weighted by Crippen LogP contribution is -1.99. The van der Waals surface area contributed by atoms with E-state index in [1.807, 2.05) is 36.7 Å². The normalized spacial score (nSPS) is 10.9. The summed E-state index contributed by atoms with van der Waals surface area (Å²) in [4.78, 5) is 8.83. The zero-order chi connectivity index (χ0) is 13.7. The molecular weight excluding hydrogens is 239 g/mol. The van der Waals surface area contributed by atoms with E-state index in [1.54, 1.807) is 0 Å². The van der Waals surface area contributed by atoms with Gasteiger partial charge in [-0.15, -0.1) is 0 Å². The highest BCUT2D eigenvalue weighted by Crippen LogP contribution is 2.11. The van der Waals surface area contributed by atoms with E-state index in [0.29, 0.717) is 5.92 Å². The van der Waals surface area contributed by atoms with Gasteiger partial charge in [-0.3, -0.25) is 9.97 Å². The van der Waals surface area contributed by atoms with Gasteiger partial charge in [0.15, 0.2) is 0 Å². The fraction of sp³-hybridized carbons (Fsp3) is 0.375. The van der Waals surface area contributed by atoms with Gasteiger partial charge < -0.3 is 0 Å². The molecule has 1 aromatic heterocycles. The average molecular weight is 258 g/mol. The van der Waals surface area contributed by atoms with Crippen LogP contribution in [0.15, 0.2) is 36.7 Å². The first-order valence-corrected chi connectivity index (χ1v) is 6.63. The van der Waals surface area contributed by atoms with E-state index >= 15 is 0 Å². The van der Waals surface area contributed by atoms with Crippen molar-refractivity contribution < 1.29 is 4.39 Å². The van der Waals surface area contributed by atoms with Gasteiger partial charge in [0.2, 0.25) is 0 Å². The highest BCUT2D eigenvalue weighted by molar-refractivity contribution is 5.22. The third-order valence-corrected chi connectivity index (χ3v) is 3.16. The summed E-state index contributed by atoms with van der Waals surface area (Å²) in [6, 6.07) is 7.63. The van der Waals surface area contributed by atoms with E-state index in [0.717, 1.165) is 29.8 Å². The second kappa shape index (κ2) is 6.41. The Hall–Kier alpha value is -1.77. The first-order valence-electron chi connectivity index (χ1n) is 6.63. The quantitative estimate of drug-likeness (QED) is 0.814. The Bertz CT molecular complexity index is 503. The lowest BCUT2D eigenvalue weighted by molar-refractivity contribution is 0.485. The minimum absolute atomic E-state index is 0.400. The van der Waals surface area contributed by atoms with Gasteiger partial charge in [0.1, 0.15) is 6.67 Å². The molecule has 19 heavy (non-hydrogen) atoms. The molecule has 100 valence electrons. The van der Waals surface area contributed by atoms with Gasteiger partial charge in [0, 0.05) is 12.4 Å². The summed E-state index contributed by atoms with van der Waals surface area (Å²) in [5.41, 5.74) is 3.95. The Morgan fingerprint density at radius 2 is 1.63 bits per heavy atom. The van der Waals surface area contributed by atoms with Crippen molar-refractivity contribution in [3.8, 4) is 0 Å². The van der Waals surface area contributed by atoms with Gasteiger partial charge in [-0.1, -0.05) is 38.1 Å². The number of alkyl halides is 1. The van der Waals surface area contributed by atoms with Gasteiger partial charge in [-0.2, -0.15) is 0 Å². The first kappa shape index (κ1) is 13.7. The molecule has 0 aliphatic carbocycles. The highest BCUT2D eigenvalue weighted by atomic mass is 19.1. The molecule has 0 saturated carbocycles. The molecule has 2 rings (SSSR count). The summed E-state index contributed by atoms with van der Waals surface area (Å²) < 4.78 is 12.4. The van der Waals surface area contributed by atoms with E-state index in [4.69, 9.17) is 0 Å². The molecule has 0 saturated heterocycles. The Labute approximate surface area is 113 Å². The fourth-order valence-corrected chi connectivity index (χ4v) is 1.86. The SMILES string of the molecule is CC(C)c1cnc(CCc2ccc(CF)cc2)cn1. The van der Waals surface area contributed by atoms with Crippen molar-refractivity contribution in [1.29, 1.82) is 0 Å². The van der Waals surface area contributed by atoms with Crippen molar-refractivity contribution in [1.82, 2.24) is 9.97 Å². The summed E-state index contributed by atoms with van der Waals surface area (Å²) in [6.07, 6.45) is 5.47. The van der Waals surface area contributed by atoms with Crippen molar-refractivity contribution in [2.75, 3.05) is 0 Å². The predicted molar refractivity (Wildman–Crippen MR) is 74.8 cm³/mol. The van der Waals surface area contributed by atoms with Gasteiger partial charge in [-0.05, 0) is 29.9 Å². The standard InChI is InChI=1S/C16H19FN2/c1-12(2)16-11-18-15(10-19-16)8-7-13-3-5-14(9-17)6-4-13/h3-6,10-12H,7-9H2,1-2H3. The van der Waals surface area contributed by atoms with Crippen LogP contribution >= 0.6 is 0 Å². The number of halogens is 1. The number of hydrogen-bond donors (Lipinski definition) is 0. The van der Waals surface area contributed by atoms with E-state index in [1.165, 1.54) is 5.56 Å². The molecular formula is C16H19FN2. The molecule has 0 amide bonds. The van der Waals surface area contributed by atoms with Gasteiger partial charge >= 0.3 is 0 Å². The van der Waals surface area contributed by atoms with Crippen LogP contribution in [0, 0.1) is 0 Å². The second-order valence-electron chi connectivity index (χ2n) is 5.04. The summed E-state index contributed by atoms with van der Waals surface area (Å²) in [5.74, 6) is 0.412. The van der Waals surface area contributed by atoms with Crippen LogP contribution in [0.3, 0.4) is 0 Å². The van der Waals surface area contributed by atoms with Gasteiger partial charge in [0.25, 0.3) is 0 Å². The number of aryl methyl sites for hydroxylation is 2. The molecule has 0 aliphatic heterocycles. The smallest absolute Gasteiger partial charge is 0.115 e. The van der Waals surface area contributed by atoms with Crippen LogP contribution in [-0.2, 0) is 19.5 Å². The largest absolute Gasteiger partial charge is 0.258 e. The highest BCUT2D eigenvalue weighted by Gasteiger charge is 2.02. The topological polar surface area (TPSA) is 25.8 Å². The zero-order valence-electron chi connectivity index (χ0n) is 11.4. The zero-order valence-corrected chi connectivity index (χ0v) is 11.4. The van der Waals surface area contributed by atoms with Crippen LogP contribution in [0.1, 0.15) is 42.3 Å². The molecule has 3 heteroatoms. The third kappa shape index (κ3) is 3.85. The summed E-state index contributed by atoms with van der Waals surface area (Å²) >= 11 is 0. The Morgan fingerprint density at radius 3 is 2.16 bits per heavy atom. The van der Waals surface area contributed by atoms with Crippen LogP contribution in [0.2, 0.25) is 0 Å². The summed E-state index contributed by atoms with van der Waals surface area (Å²) in [6.45, 7) is 3.81. The van der Waals surface area contributed by atoms with Crippen molar-refractivity contribution in [3.63, 3.8) is 0 Å². The Morgan fingerprint density at radius 1 is 0.947 bits per heavy atom. The monoisotopic (exact) mass is 258 g/mol. The van der Waals surface area contributed by atoms with E-state index < -0.39 is 6.67 Å². The molecule has 1 aromatic carbocycles. The predicted octanol–water partition coefficient (Wildman–Crippen LogP) is 3.85. The molecule has 0 aliphatic rings. The minimum atomic E-state index is -0.400. The fourth-order valence-electron chi connectivity index (χ4n) is 1.86. The Balaban J connectivity index is 1.94. The van der Waals surface area contributed by atoms with Crippen molar-refractivity contribution in [2.24, 2.45) is 0 Å². The Kier molecular flexibility index (Phi) is 4.61. The van der Waals surface area contributed by atoms with Gasteiger partial charge in [0.05, 0.1) is 11.4 Å². The number of aromatic nitrogens is 2. The minimum Gasteiger partial charge on any atom is -0.258 e. The van der Waals surface area contributed by atoms with Crippen LogP contribution in [-0.4, -0.2) is 9.97 Å². The van der Waals surface area contributed by atoms with Crippen LogP contribution in [0.4, 0.5) is 4.39 Å². The number of nitrogens with zero attached hydrogens (tertiary/aromatic N) is 2. The molecule has 2 aromatic rings. The average Bonchev–Trinajstić information content (AvgIpc) is 2.46. The molecule has 0 unspecified atom stereocenters. The van der Waals surface area contributed by atoms with Crippen LogP contribution in [0.25, 0.3) is 0 Å². The van der Waals surface area contributed by atoms with Crippen molar-refractivity contribution >= 4 is 0 Å². The lowest BCUT2D eigenvalue weighted by Gasteiger charge is -2.05. The van der Waals surface area contributed by atoms with E-state index in [9.17, 15) is 4.39 Å². The first-order chi connectivity index (χ1) is 9.19. The number of rotatable bonds is 5. The maximum atomic E-state index is 12.4. The van der Waals surface area contributed by atoms with Crippen molar-refractivity contribution in [3.05, 3.63) is 59.2 Å². The molecule has 0 radical (unpaired) electrons. The third-order valence-electron chi connectivity index (χ3n) is 3.16. The number of hydrogen-bond acceptors (Lipinski definition) is 2. The number of benzene rings is 1. The summed E-state index contributed by atoms with van der Waals surface area (Å²) in [7, 11) is 0. The maximum Gasteiger partial charge on any atom is 0.115 e. The van der Waals surface area contributed by atoms with Crippen LogP contribution < -0.4 is 0 Å². The molecule has 1 heterocycles. The molecule has 0 spiro atoms. The van der Waals surface area contributed by atoms with E-state index in [2.05, 4.69) is 23.8 Å². The van der Waals surface area contributed by atoms with Crippen LogP contribution in [0.5, 0.6) is 0 Å². The second-order valence-corrected chi connectivity index (χ2v) is 5.04. The van der Waals surface area contributed by atoms with Crippen molar-refractivity contribution in [2.45, 2.75) is 39.3 Å². The molecule has 0 atom stereocenters. The molecule has 0 fully saturated rings. The molecule has 0 N–H and O–H groups in total. The van der Waals surface area contributed by atoms with Gasteiger partial charge in [-0.25, -0.2) is 4.39 Å². The van der Waals surface area contributed by atoms with E-state index in [-0.39, 0.29) is 0 Å². The lowest BCUT2D eigenvalue weighted by atomic mass is 10.1. The molecule has 0 bridgehead atoms. The maximum absolute atomic E-state index is 12.4.